The summed E-state index contributed by atoms with van der Waals surface area (Å²) in [5, 5.41) is 14.6. The predicted octanol–water partition coefficient (Wildman–Crippen LogP) is 4.20. The summed E-state index contributed by atoms with van der Waals surface area (Å²) < 4.78 is 12.5. The van der Waals surface area contributed by atoms with E-state index in [0.717, 1.165) is 42.7 Å². The third kappa shape index (κ3) is 6.33. The van der Waals surface area contributed by atoms with Crippen LogP contribution in [0.15, 0.2) is 53.7 Å². The fourth-order valence-corrected chi connectivity index (χ4v) is 4.79. The largest absolute Gasteiger partial charge is 0.497 e. The van der Waals surface area contributed by atoms with Crippen LogP contribution in [0.3, 0.4) is 0 Å². The summed E-state index contributed by atoms with van der Waals surface area (Å²) in [7, 11) is 3.22. The molecule has 3 amide bonds. The molecule has 35 heavy (non-hydrogen) atoms. The van der Waals surface area contributed by atoms with Gasteiger partial charge in [-0.05, 0) is 49.2 Å². The molecule has 0 radical (unpaired) electrons. The van der Waals surface area contributed by atoms with Crippen molar-refractivity contribution < 1.29 is 19.1 Å². The number of thioether (sulfide) groups is 1. The van der Waals surface area contributed by atoms with E-state index in [1.54, 1.807) is 14.2 Å². The van der Waals surface area contributed by atoms with Crippen molar-refractivity contribution in [3.63, 3.8) is 0 Å². The van der Waals surface area contributed by atoms with Gasteiger partial charge in [0.1, 0.15) is 11.5 Å². The van der Waals surface area contributed by atoms with E-state index in [2.05, 4.69) is 20.8 Å². The monoisotopic (exact) mass is 495 g/mol. The van der Waals surface area contributed by atoms with Gasteiger partial charge >= 0.3 is 6.03 Å². The molecule has 0 aliphatic heterocycles. The second kappa shape index (κ2) is 11.7. The average Bonchev–Trinajstić information content (AvgIpc) is 3.32. The normalized spacial score (nSPS) is 13.8. The van der Waals surface area contributed by atoms with Crippen LogP contribution in [0.4, 0.5) is 4.79 Å². The van der Waals surface area contributed by atoms with Crippen LogP contribution >= 0.6 is 11.8 Å². The van der Waals surface area contributed by atoms with Crippen LogP contribution in [0, 0.1) is 0 Å². The van der Waals surface area contributed by atoms with Crippen molar-refractivity contribution in [1.29, 1.82) is 0 Å². The maximum Gasteiger partial charge on any atom is 0.321 e. The lowest BCUT2D eigenvalue weighted by Crippen LogP contribution is -2.45. The quantitative estimate of drug-likeness (QED) is 0.451. The van der Waals surface area contributed by atoms with Gasteiger partial charge < -0.3 is 14.8 Å². The predicted molar refractivity (Wildman–Crippen MR) is 134 cm³/mol. The van der Waals surface area contributed by atoms with Crippen molar-refractivity contribution in [2.45, 2.75) is 43.3 Å². The fraction of sp³-hybridized carbons (Fsp3) is 0.360. The summed E-state index contributed by atoms with van der Waals surface area (Å²) in [5.41, 5.74) is 1.63. The minimum atomic E-state index is -0.448. The number of aromatic nitrogens is 3. The second-order valence-electron chi connectivity index (χ2n) is 8.22. The Morgan fingerprint density at radius 2 is 1.74 bits per heavy atom. The van der Waals surface area contributed by atoms with Crippen LogP contribution in [0.25, 0.3) is 17.1 Å². The molecule has 1 heterocycles. The molecule has 9 nitrogen and oxygen atoms in total. The van der Waals surface area contributed by atoms with E-state index in [1.807, 2.05) is 53.1 Å². The van der Waals surface area contributed by atoms with Gasteiger partial charge in [0, 0.05) is 17.3 Å². The van der Waals surface area contributed by atoms with Crippen molar-refractivity contribution in [3.8, 4) is 28.6 Å². The van der Waals surface area contributed by atoms with E-state index in [0.29, 0.717) is 16.7 Å². The van der Waals surface area contributed by atoms with Gasteiger partial charge in [0.25, 0.3) is 0 Å². The molecule has 0 unspecified atom stereocenters. The van der Waals surface area contributed by atoms with Crippen LogP contribution in [0.1, 0.15) is 32.1 Å². The van der Waals surface area contributed by atoms with E-state index in [-0.39, 0.29) is 11.8 Å². The summed E-state index contributed by atoms with van der Waals surface area (Å²) in [5.74, 6) is 1.65. The van der Waals surface area contributed by atoms with E-state index < -0.39 is 11.9 Å². The molecule has 3 aromatic rings. The van der Waals surface area contributed by atoms with Crippen molar-refractivity contribution in [2.75, 3.05) is 20.0 Å². The number of nitrogens with zero attached hydrogens (tertiary/aromatic N) is 3. The molecule has 0 spiro atoms. The Bertz CT molecular complexity index is 1160. The molecule has 0 saturated heterocycles. The van der Waals surface area contributed by atoms with Gasteiger partial charge in [-0.2, -0.15) is 0 Å². The number of carbonyl (C=O) groups is 2. The highest BCUT2D eigenvalue weighted by molar-refractivity contribution is 7.99. The Hall–Kier alpha value is -3.53. The Kier molecular flexibility index (Phi) is 8.25. The second-order valence-corrected chi connectivity index (χ2v) is 9.16. The van der Waals surface area contributed by atoms with Gasteiger partial charge in [0.2, 0.25) is 5.91 Å². The van der Waals surface area contributed by atoms with Crippen LogP contribution in [-0.4, -0.2) is 52.7 Å². The maximum absolute atomic E-state index is 12.5. The molecule has 2 aromatic carbocycles. The molecule has 184 valence electrons. The zero-order chi connectivity index (χ0) is 24.6. The van der Waals surface area contributed by atoms with Crippen LogP contribution in [0.2, 0.25) is 0 Å². The topological polar surface area (TPSA) is 107 Å². The van der Waals surface area contributed by atoms with E-state index in [4.69, 9.17) is 9.47 Å². The number of amides is 3. The molecule has 2 N–H and O–H groups in total. The molecule has 1 aromatic heterocycles. The summed E-state index contributed by atoms with van der Waals surface area (Å²) in [4.78, 5) is 24.7. The molecule has 1 fully saturated rings. The van der Waals surface area contributed by atoms with Crippen molar-refractivity contribution in [1.82, 2.24) is 25.4 Å². The van der Waals surface area contributed by atoms with Crippen molar-refractivity contribution >= 4 is 23.7 Å². The number of hydrogen-bond acceptors (Lipinski definition) is 7. The Balaban J connectivity index is 1.51. The summed E-state index contributed by atoms with van der Waals surface area (Å²) >= 11 is 1.21. The number of nitrogens with one attached hydrogen (secondary N) is 2. The zero-order valence-corrected chi connectivity index (χ0v) is 20.6. The number of carbonyl (C=O) groups excluding carboxylic acids is 2. The molecule has 10 heteroatoms. The number of ether oxygens (including phenoxy) is 2. The van der Waals surface area contributed by atoms with Gasteiger partial charge in [-0.1, -0.05) is 43.2 Å². The first-order valence-electron chi connectivity index (χ1n) is 11.5. The highest BCUT2D eigenvalue weighted by Crippen LogP contribution is 2.30. The molecular formula is C25H29N5O4S. The first-order valence-corrected chi connectivity index (χ1v) is 12.5. The molecule has 4 rings (SSSR count). The SMILES string of the molecule is COc1ccc(-n2c(SCC(=O)NC(=O)NC3CCCCC3)nnc2-c2cccc(OC)c2)cc1. The first-order chi connectivity index (χ1) is 17.1. The molecule has 0 bridgehead atoms. The lowest BCUT2D eigenvalue weighted by molar-refractivity contribution is -0.117. The first kappa shape index (κ1) is 24.6. The van der Waals surface area contributed by atoms with Crippen LogP contribution < -0.4 is 20.1 Å². The molecular weight excluding hydrogens is 466 g/mol. The van der Waals surface area contributed by atoms with Gasteiger partial charge in [-0.3, -0.25) is 14.7 Å². The minimum Gasteiger partial charge on any atom is -0.497 e. The molecule has 1 aliphatic rings. The number of urea groups is 1. The van der Waals surface area contributed by atoms with Crippen LogP contribution in [-0.2, 0) is 4.79 Å². The smallest absolute Gasteiger partial charge is 0.321 e. The summed E-state index contributed by atoms with van der Waals surface area (Å²) in [6, 6.07) is 14.7. The standard InChI is InChI=1S/C25H29N5O4S/c1-33-20-13-11-19(12-14-20)30-23(17-7-6-10-21(15-17)34-2)28-29-25(30)35-16-22(31)27-24(32)26-18-8-4-3-5-9-18/h6-7,10-15,18H,3-5,8-9,16H2,1-2H3,(H2,26,27,31,32). The highest BCUT2D eigenvalue weighted by Gasteiger charge is 2.20. The van der Waals surface area contributed by atoms with Gasteiger partial charge in [0.15, 0.2) is 11.0 Å². The van der Waals surface area contributed by atoms with E-state index in [1.165, 1.54) is 18.2 Å². The Morgan fingerprint density at radius 3 is 2.46 bits per heavy atom. The molecule has 1 aliphatic carbocycles. The third-order valence-electron chi connectivity index (χ3n) is 5.82. The number of benzene rings is 2. The Morgan fingerprint density at radius 1 is 1.00 bits per heavy atom. The number of methoxy groups -OCH3 is 2. The third-order valence-corrected chi connectivity index (χ3v) is 6.75. The van der Waals surface area contributed by atoms with E-state index in [9.17, 15) is 9.59 Å². The lowest BCUT2D eigenvalue weighted by Gasteiger charge is -2.22. The number of imide groups is 1. The highest BCUT2D eigenvalue weighted by atomic mass is 32.2. The molecule has 0 atom stereocenters. The fourth-order valence-electron chi connectivity index (χ4n) is 4.04. The minimum absolute atomic E-state index is 0.0183. The average molecular weight is 496 g/mol. The zero-order valence-electron chi connectivity index (χ0n) is 19.8. The van der Waals surface area contributed by atoms with Gasteiger partial charge in [0.05, 0.1) is 20.0 Å². The van der Waals surface area contributed by atoms with E-state index >= 15 is 0 Å². The lowest BCUT2D eigenvalue weighted by atomic mass is 9.96. The van der Waals surface area contributed by atoms with Crippen molar-refractivity contribution in [2.24, 2.45) is 0 Å². The number of hydrogen-bond donors (Lipinski definition) is 2. The maximum atomic E-state index is 12.5. The van der Waals surface area contributed by atoms with Gasteiger partial charge in [-0.15, -0.1) is 10.2 Å². The molecule has 1 saturated carbocycles. The summed E-state index contributed by atoms with van der Waals surface area (Å²) in [6.07, 6.45) is 5.31. The summed E-state index contributed by atoms with van der Waals surface area (Å²) in [6.45, 7) is 0. The van der Waals surface area contributed by atoms with Crippen LogP contribution in [0.5, 0.6) is 11.5 Å². The number of rotatable bonds is 8. The van der Waals surface area contributed by atoms with Gasteiger partial charge in [-0.25, -0.2) is 4.79 Å². The Labute approximate surface area is 208 Å². The van der Waals surface area contributed by atoms with Crippen molar-refractivity contribution in [3.05, 3.63) is 48.5 Å².